The fourth-order valence-electron chi connectivity index (χ4n) is 7.30. The number of aromatic nitrogens is 2. The fraction of sp³-hybridized carbons (Fsp3) is 0.429. The SMILES string of the molecule is N#Cc1ccnc(NC2CCN(c3ccc(CN4CCC(c5ccc6c(c5)CN(C5CCC(=O)NC5=O)C6=O)CC4)cc3)CC2)n1. The Morgan fingerprint density at radius 2 is 1.72 bits per heavy atom. The van der Waals surface area contributed by atoms with E-state index in [0.717, 1.165) is 64.0 Å². The molecule has 0 saturated carbocycles. The second-order valence-electron chi connectivity index (χ2n) is 12.8. The molecule has 2 aromatic carbocycles. The first-order valence-corrected chi connectivity index (χ1v) is 16.3. The van der Waals surface area contributed by atoms with Gasteiger partial charge in [-0.3, -0.25) is 24.6 Å². The molecule has 0 aliphatic carbocycles. The minimum atomic E-state index is -0.580. The smallest absolute Gasteiger partial charge is 0.255 e. The summed E-state index contributed by atoms with van der Waals surface area (Å²) in [6, 6.07) is 18.5. The lowest BCUT2D eigenvalue weighted by molar-refractivity contribution is -0.136. The maximum absolute atomic E-state index is 13.1. The molecule has 1 aromatic heterocycles. The van der Waals surface area contributed by atoms with Crippen molar-refractivity contribution < 1.29 is 14.4 Å². The van der Waals surface area contributed by atoms with E-state index in [1.165, 1.54) is 16.8 Å². The Hall–Kier alpha value is -4.82. The van der Waals surface area contributed by atoms with E-state index in [1.807, 2.05) is 6.07 Å². The van der Waals surface area contributed by atoms with Gasteiger partial charge >= 0.3 is 0 Å². The predicted octanol–water partition coefficient (Wildman–Crippen LogP) is 3.57. The topological polar surface area (TPSA) is 135 Å². The van der Waals surface area contributed by atoms with Crippen LogP contribution in [0.15, 0.2) is 54.7 Å². The molecule has 1 unspecified atom stereocenters. The van der Waals surface area contributed by atoms with Gasteiger partial charge in [-0.15, -0.1) is 0 Å². The lowest BCUT2D eigenvalue weighted by Crippen LogP contribution is -2.52. The maximum Gasteiger partial charge on any atom is 0.255 e. The summed E-state index contributed by atoms with van der Waals surface area (Å²) in [7, 11) is 0. The zero-order valence-electron chi connectivity index (χ0n) is 25.8. The molecule has 3 amide bonds. The van der Waals surface area contributed by atoms with Crippen molar-refractivity contribution in [2.75, 3.05) is 36.4 Å². The standard InChI is InChI=1S/C35H38N8O3/c36-20-28-9-14-37-35(39-28)38-27-12-17-42(18-13-27)29-4-1-23(2-5-29)21-41-15-10-24(11-16-41)25-3-6-30-26(19-25)22-43(34(30)46)31-7-8-32(44)40-33(31)45/h1-6,9,14,19,24,27,31H,7-8,10-13,15-18,21-22H2,(H,37,38,39)(H,40,44,45). The summed E-state index contributed by atoms with van der Waals surface area (Å²) in [6.45, 7) is 5.30. The van der Waals surface area contributed by atoms with Crippen LogP contribution >= 0.6 is 0 Å². The Morgan fingerprint density at radius 1 is 0.935 bits per heavy atom. The number of hydrogen-bond donors (Lipinski definition) is 2. The Balaban J connectivity index is 0.880. The van der Waals surface area contributed by atoms with Crippen LogP contribution in [0.4, 0.5) is 11.6 Å². The Labute approximate surface area is 268 Å². The van der Waals surface area contributed by atoms with E-state index in [1.54, 1.807) is 17.2 Å². The number of nitrogens with one attached hydrogen (secondary N) is 2. The van der Waals surface area contributed by atoms with Gasteiger partial charge in [0, 0.05) is 56.1 Å². The highest BCUT2D eigenvalue weighted by Gasteiger charge is 2.39. The molecular weight excluding hydrogens is 580 g/mol. The van der Waals surface area contributed by atoms with Crippen molar-refractivity contribution in [1.82, 2.24) is 25.1 Å². The van der Waals surface area contributed by atoms with Crippen LogP contribution in [0.2, 0.25) is 0 Å². The molecule has 3 fully saturated rings. The van der Waals surface area contributed by atoms with Gasteiger partial charge in [0.1, 0.15) is 17.8 Å². The molecule has 1 atom stereocenters. The van der Waals surface area contributed by atoms with Gasteiger partial charge < -0.3 is 15.1 Å². The largest absolute Gasteiger partial charge is 0.371 e. The van der Waals surface area contributed by atoms with E-state index in [9.17, 15) is 14.4 Å². The summed E-state index contributed by atoms with van der Waals surface area (Å²) in [6.07, 6.45) is 6.36. The number of nitrogens with zero attached hydrogens (tertiary/aromatic N) is 6. The van der Waals surface area contributed by atoms with E-state index < -0.39 is 6.04 Å². The van der Waals surface area contributed by atoms with Crippen molar-refractivity contribution in [2.45, 2.75) is 69.6 Å². The van der Waals surface area contributed by atoms with Crippen molar-refractivity contribution in [2.24, 2.45) is 0 Å². The van der Waals surface area contributed by atoms with E-state index in [-0.39, 0.29) is 24.1 Å². The first-order chi connectivity index (χ1) is 22.4. The third kappa shape index (κ3) is 6.30. The molecule has 0 spiro atoms. The Bertz CT molecular complexity index is 1670. The number of imide groups is 1. The monoisotopic (exact) mass is 618 g/mol. The van der Waals surface area contributed by atoms with Crippen LogP contribution in [-0.2, 0) is 22.7 Å². The lowest BCUT2D eigenvalue weighted by Gasteiger charge is -2.34. The van der Waals surface area contributed by atoms with Crippen LogP contribution in [0.25, 0.3) is 0 Å². The van der Waals surface area contributed by atoms with Crippen molar-refractivity contribution in [3.8, 4) is 6.07 Å². The van der Waals surface area contributed by atoms with E-state index in [4.69, 9.17) is 5.26 Å². The molecule has 2 N–H and O–H groups in total. The van der Waals surface area contributed by atoms with Crippen LogP contribution in [-0.4, -0.2) is 75.8 Å². The van der Waals surface area contributed by atoms with Crippen LogP contribution in [0, 0.1) is 11.3 Å². The maximum atomic E-state index is 13.1. The predicted molar refractivity (Wildman–Crippen MR) is 172 cm³/mol. The summed E-state index contributed by atoms with van der Waals surface area (Å²) < 4.78 is 0. The van der Waals surface area contributed by atoms with Crippen LogP contribution in [0.1, 0.15) is 77.2 Å². The van der Waals surface area contributed by atoms with Gasteiger partial charge in [-0.1, -0.05) is 24.3 Å². The molecule has 4 aliphatic rings. The normalized spacial score (nSPS) is 21.2. The lowest BCUT2D eigenvalue weighted by atomic mass is 9.87. The number of anilines is 2. The number of hydrogen-bond acceptors (Lipinski definition) is 9. The zero-order chi connectivity index (χ0) is 31.6. The quantitative estimate of drug-likeness (QED) is 0.381. The molecule has 236 valence electrons. The van der Waals surface area contributed by atoms with Crippen molar-refractivity contribution in [3.63, 3.8) is 0 Å². The summed E-state index contributed by atoms with van der Waals surface area (Å²) in [5, 5.41) is 14.8. The molecular formula is C35H38N8O3. The van der Waals surface area contributed by atoms with E-state index in [2.05, 4.69) is 72.9 Å². The first kappa shape index (κ1) is 29.9. The number of carbonyl (C=O) groups excluding carboxylic acids is 3. The molecule has 7 rings (SSSR count). The molecule has 11 heteroatoms. The minimum absolute atomic E-state index is 0.118. The van der Waals surface area contributed by atoms with E-state index >= 15 is 0 Å². The number of piperidine rings is 3. The van der Waals surface area contributed by atoms with Gasteiger partial charge in [0.15, 0.2) is 0 Å². The van der Waals surface area contributed by atoms with E-state index in [0.29, 0.717) is 42.1 Å². The summed E-state index contributed by atoms with van der Waals surface area (Å²) in [4.78, 5) is 52.1. The van der Waals surface area contributed by atoms with Crippen molar-refractivity contribution >= 4 is 29.4 Å². The van der Waals surface area contributed by atoms with Crippen molar-refractivity contribution in [1.29, 1.82) is 5.26 Å². The number of benzene rings is 2. The third-order valence-electron chi connectivity index (χ3n) is 9.91. The molecule has 5 heterocycles. The van der Waals surface area contributed by atoms with Gasteiger partial charge in [-0.25, -0.2) is 9.97 Å². The highest BCUT2D eigenvalue weighted by Crippen LogP contribution is 2.34. The first-order valence-electron chi connectivity index (χ1n) is 16.3. The average molecular weight is 619 g/mol. The van der Waals surface area contributed by atoms with Gasteiger partial charge in [0.2, 0.25) is 17.8 Å². The molecule has 0 radical (unpaired) electrons. The third-order valence-corrected chi connectivity index (χ3v) is 9.91. The Morgan fingerprint density at radius 3 is 2.46 bits per heavy atom. The number of fused-ring (bicyclic) bond motifs is 1. The van der Waals surface area contributed by atoms with Gasteiger partial charge in [0.05, 0.1) is 0 Å². The molecule has 46 heavy (non-hydrogen) atoms. The van der Waals surface area contributed by atoms with Crippen LogP contribution in [0.5, 0.6) is 0 Å². The number of amides is 3. The highest BCUT2D eigenvalue weighted by molar-refractivity contribution is 6.05. The zero-order valence-corrected chi connectivity index (χ0v) is 25.8. The molecule has 0 bridgehead atoms. The summed E-state index contributed by atoms with van der Waals surface area (Å²) >= 11 is 0. The van der Waals surface area contributed by atoms with Gasteiger partial charge in [0.25, 0.3) is 5.91 Å². The van der Waals surface area contributed by atoms with Gasteiger partial charge in [-0.2, -0.15) is 5.26 Å². The Kier molecular flexibility index (Phi) is 8.37. The van der Waals surface area contributed by atoms with Crippen molar-refractivity contribution in [3.05, 3.63) is 82.7 Å². The number of carbonyl (C=O) groups is 3. The molecule has 11 nitrogen and oxygen atoms in total. The highest BCUT2D eigenvalue weighted by atomic mass is 16.2. The second-order valence-corrected chi connectivity index (χ2v) is 12.8. The number of likely N-dealkylation sites (tertiary alicyclic amines) is 1. The molecule has 4 aliphatic heterocycles. The fourth-order valence-corrected chi connectivity index (χ4v) is 7.30. The summed E-state index contributed by atoms with van der Waals surface area (Å²) in [5.41, 5.74) is 5.86. The summed E-state index contributed by atoms with van der Waals surface area (Å²) in [5.74, 6) is 0.210. The average Bonchev–Trinajstić information content (AvgIpc) is 3.41. The van der Waals surface area contributed by atoms with Crippen LogP contribution in [0.3, 0.4) is 0 Å². The van der Waals surface area contributed by atoms with Crippen LogP contribution < -0.4 is 15.5 Å². The number of rotatable bonds is 7. The molecule has 3 aromatic rings. The second kappa shape index (κ2) is 12.9. The minimum Gasteiger partial charge on any atom is -0.371 e. The molecule has 3 saturated heterocycles. The van der Waals surface area contributed by atoms with Gasteiger partial charge in [-0.05, 0) is 92.1 Å². The number of nitriles is 1.